The van der Waals surface area contributed by atoms with Crippen molar-refractivity contribution in [3.63, 3.8) is 0 Å². The molecule has 110 valence electrons. The molecule has 1 aromatic rings. The van der Waals surface area contributed by atoms with Crippen molar-refractivity contribution in [2.75, 3.05) is 19.0 Å². The molecule has 0 aliphatic carbocycles. The first kappa shape index (κ1) is 14.9. The standard InChI is InChI=1S/C13H15N5O2S/c1-18(2)9-5-3-8(4-6-9)7-14-17-10-11(19)15-13(21)16-12(10)20/h3-7,10,17H,1-2H3,(H2,15,16,19,20,21)/b14-7+. The van der Waals surface area contributed by atoms with E-state index in [1.165, 1.54) is 6.21 Å². The van der Waals surface area contributed by atoms with Crippen molar-refractivity contribution in [3.05, 3.63) is 29.8 Å². The SMILES string of the molecule is CN(C)c1ccc(/C=N/NC2C(=O)NC(=S)NC2=O)cc1. The van der Waals surface area contributed by atoms with E-state index in [0.29, 0.717) is 0 Å². The Bertz CT molecular complexity index is 577. The van der Waals surface area contributed by atoms with E-state index in [0.717, 1.165) is 11.3 Å². The first-order valence-corrected chi connectivity index (χ1v) is 6.60. The summed E-state index contributed by atoms with van der Waals surface area (Å²) in [6, 6.07) is 6.57. The summed E-state index contributed by atoms with van der Waals surface area (Å²) in [5.41, 5.74) is 4.42. The maximum Gasteiger partial charge on any atom is 0.260 e. The summed E-state index contributed by atoms with van der Waals surface area (Å²) in [4.78, 5) is 25.1. The molecule has 0 radical (unpaired) electrons. The lowest BCUT2D eigenvalue weighted by Crippen LogP contribution is -2.62. The molecule has 0 aromatic heterocycles. The summed E-state index contributed by atoms with van der Waals surface area (Å²) >= 11 is 4.70. The molecule has 1 fully saturated rings. The molecular weight excluding hydrogens is 290 g/mol. The van der Waals surface area contributed by atoms with E-state index in [2.05, 4.69) is 21.2 Å². The fourth-order valence-corrected chi connectivity index (χ4v) is 1.88. The largest absolute Gasteiger partial charge is 0.378 e. The average molecular weight is 305 g/mol. The number of amides is 2. The van der Waals surface area contributed by atoms with Gasteiger partial charge in [0.05, 0.1) is 6.21 Å². The van der Waals surface area contributed by atoms with Gasteiger partial charge in [0.15, 0.2) is 5.11 Å². The number of hydrazone groups is 1. The third kappa shape index (κ3) is 3.76. The van der Waals surface area contributed by atoms with Gasteiger partial charge in [0.1, 0.15) is 0 Å². The van der Waals surface area contributed by atoms with E-state index in [1.54, 1.807) is 0 Å². The van der Waals surface area contributed by atoms with Crippen LogP contribution in [0.15, 0.2) is 29.4 Å². The number of anilines is 1. The molecule has 2 rings (SSSR count). The molecule has 0 atom stereocenters. The lowest BCUT2D eigenvalue weighted by molar-refractivity contribution is -0.132. The molecule has 1 aromatic carbocycles. The summed E-state index contributed by atoms with van der Waals surface area (Å²) in [7, 11) is 3.91. The monoisotopic (exact) mass is 305 g/mol. The molecule has 0 bridgehead atoms. The van der Waals surface area contributed by atoms with Gasteiger partial charge in [0, 0.05) is 19.8 Å². The van der Waals surface area contributed by atoms with Crippen LogP contribution in [-0.4, -0.2) is 43.3 Å². The number of nitrogens with zero attached hydrogens (tertiary/aromatic N) is 2. The number of hydrogen-bond donors (Lipinski definition) is 3. The van der Waals surface area contributed by atoms with Crippen molar-refractivity contribution in [3.8, 4) is 0 Å². The molecule has 3 N–H and O–H groups in total. The van der Waals surface area contributed by atoms with Crippen molar-refractivity contribution >= 4 is 41.0 Å². The highest BCUT2D eigenvalue weighted by atomic mass is 32.1. The fraction of sp³-hybridized carbons (Fsp3) is 0.231. The van der Waals surface area contributed by atoms with E-state index in [1.807, 2.05) is 43.3 Å². The molecule has 1 heterocycles. The lowest BCUT2D eigenvalue weighted by atomic mass is 10.2. The number of carbonyl (C=O) groups is 2. The Hall–Kier alpha value is -2.48. The molecule has 1 aliphatic rings. The van der Waals surface area contributed by atoms with Crippen LogP contribution in [0.2, 0.25) is 0 Å². The van der Waals surface area contributed by atoms with Gasteiger partial charge in [0.2, 0.25) is 6.04 Å². The van der Waals surface area contributed by atoms with Crippen molar-refractivity contribution in [2.24, 2.45) is 5.10 Å². The van der Waals surface area contributed by atoms with Gasteiger partial charge in [-0.15, -0.1) is 0 Å². The molecular formula is C13H15N5O2S. The summed E-state index contributed by atoms with van der Waals surface area (Å²) < 4.78 is 0. The Morgan fingerprint density at radius 3 is 2.29 bits per heavy atom. The normalized spacial score (nSPS) is 15.8. The van der Waals surface area contributed by atoms with Gasteiger partial charge >= 0.3 is 0 Å². The molecule has 0 saturated carbocycles. The minimum absolute atomic E-state index is 0.00584. The molecule has 7 nitrogen and oxygen atoms in total. The minimum atomic E-state index is -1.09. The zero-order chi connectivity index (χ0) is 15.4. The molecule has 2 amide bonds. The van der Waals surface area contributed by atoms with Crippen LogP contribution in [-0.2, 0) is 9.59 Å². The third-order valence-corrected chi connectivity index (χ3v) is 3.03. The van der Waals surface area contributed by atoms with E-state index < -0.39 is 17.9 Å². The second-order valence-electron chi connectivity index (χ2n) is 4.61. The van der Waals surface area contributed by atoms with Gasteiger partial charge in [-0.05, 0) is 29.9 Å². The number of hydrogen-bond acceptors (Lipinski definition) is 6. The minimum Gasteiger partial charge on any atom is -0.378 e. The average Bonchev–Trinajstić information content (AvgIpc) is 2.42. The zero-order valence-electron chi connectivity index (χ0n) is 11.6. The summed E-state index contributed by atoms with van der Waals surface area (Å²) in [6.45, 7) is 0. The highest BCUT2D eigenvalue weighted by Crippen LogP contribution is 2.10. The quantitative estimate of drug-likeness (QED) is 0.304. The van der Waals surface area contributed by atoms with Crippen LogP contribution in [0.4, 0.5) is 5.69 Å². The first-order chi connectivity index (χ1) is 9.97. The Morgan fingerprint density at radius 1 is 1.19 bits per heavy atom. The lowest BCUT2D eigenvalue weighted by Gasteiger charge is -2.21. The van der Waals surface area contributed by atoms with Crippen LogP contribution in [0.25, 0.3) is 0 Å². The highest BCUT2D eigenvalue weighted by molar-refractivity contribution is 7.80. The first-order valence-electron chi connectivity index (χ1n) is 6.19. The van der Waals surface area contributed by atoms with Crippen LogP contribution < -0.4 is 21.0 Å². The van der Waals surface area contributed by atoms with Crippen molar-refractivity contribution in [1.82, 2.24) is 16.1 Å². The number of carbonyl (C=O) groups excluding carboxylic acids is 2. The van der Waals surface area contributed by atoms with Crippen molar-refractivity contribution < 1.29 is 9.59 Å². The van der Waals surface area contributed by atoms with E-state index in [9.17, 15) is 9.59 Å². The maximum atomic E-state index is 11.6. The van der Waals surface area contributed by atoms with Crippen LogP contribution in [0.1, 0.15) is 5.56 Å². The van der Waals surface area contributed by atoms with Gasteiger partial charge in [-0.3, -0.25) is 15.0 Å². The highest BCUT2D eigenvalue weighted by Gasteiger charge is 2.32. The van der Waals surface area contributed by atoms with E-state index >= 15 is 0 Å². The molecule has 1 saturated heterocycles. The number of benzene rings is 1. The van der Waals surface area contributed by atoms with Gasteiger partial charge in [-0.25, -0.2) is 0 Å². The van der Waals surface area contributed by atoms with Gasteiger partial charge in [-0.1, -0.05) is 12.1 Å². The van der Waals surface area contributed by atoms with Crippen LogP contribution in [0.5, 0.6) is 0 Å². The third-order valence-electron chi connectivity index (χ3n) is 2.82. The number of rotatable bonds is 4. The fourth-order valence-electron chi connectivity index (χ4n) is 1.68. The van der Waals surface area contributed by atoms with Crippen molar-refractivity contribution in [1.29, 1.82) is 0 Å². The summed E-state index contributed by atoms with van der Waals surface area (Å²) in [5.74, 6) is -1.05. The number of thiocarbonyl (C=S) groups is 1. The summed E-state index contributed by atoms with van der Waals surface area (Å²) in [6.07, 6.45) is 1.53. The Balaban J connectivity index is 1.97. The molecule has 21 heavy (non-hydrogen) atoms. The molecule has 0 spiro atoms. The Kier molecular flexibility index (Phi) is 4.49. The topological polar surface area (TPSA) is 85.8 Å². The van der Waals surface area contributed by atoms with Crippen molar-refractivity contribution in [2.45, 2.75) is 6.04 Å². The molecule has 0 unspecified atom stereocenters. The smallest absolute Gasteiger partial charge is 0.260 e. The summed E-state index contributed by atoms with van der Waals surface area (Å²) in [5, 5.41) is 8.61. The predicted molar refractivity (Wildman–Crippen MR) is 84.2 cm³/mol. The maximum absolute atomic E-state index is 11.6. The van der Waals surface area contributed by atoms with E-state index in [4.69, 9.17) is 12.2 Å². The van der Waals surface area contributed by atoms with Crippen LogP contribution >= 0.6 is 12.2 Å². The van der Waals surface area contributed by atoms with Gasteiger partial charge in [0.25, 0.3) is 11.8 Å². The molecule has 1 aliphatic heterocycles. The predicted octanol–water partition coefficient (Wildman–Crippen LogP) is -0.424. The second-order valence-corrected chi connectivity index (χ2v) is 5.02. The van der Waals surface area contributed by atoms with Gasteiger partial charge in [-0.2, -0.15) is 5.10 Å². The Morgan fingerprint density at radius 2 is 1.76 bits per heavy atom. The number of nitrogens with one attached hydrogen (secondary N) is 3. The zero-order valence-corrected chi connectivity index (χ0v) is 12.4. The van der Waals surface area contributed by atoms with Crippen LogP contribution in [0.3, 0.4) is 0 Å². The van der Waals surface area contributed by atoms with Gasteiger partial charge < -0.3 is 15.5 Å². The van der Waals surface area contributed by atoms with Crippen LogP contribution in [0, 0.1) is 0 Å². The molecule has 8 heteroatoms. The Labute approximate surface area is 127 Å². The van der Waals surface area contributed by atoms with E-state index in [-0.39, 0.29) is 5.11 Å². The second kappa shape index (κ2) is 6.31.